The summed E-state index contributed by atoms with van der Waals surface area (Å²) in [6.07, 6.45) is 3.39. The molecule has 0 spiro atoms. The Kier molecular flexibility index (Phi) is 2.98. The lowest BCUT2D eigenvalue weighted by atomic mass is 10.1. The third-order valence-corrected chi connectivity index (χ3v) is 3.01. The topological polar surface area (TPSA) is 60.2 Å². The van der Waals surface area contributed by atoms with Gasteiger partial charge < -0.3 is 0 Å². The molecule has 3 aromatic heterocycles. The van der Waals surface area contributed by atoms with Crippen molar-refractivity contribution in [2.24, 2.45) is 0 Å². The summed E-state index contributed by atoms with van der Waals surface area (Å²) < 4.78 is 14.7. The highest BCUT2D eigenvalue weighted by Gasteiger charge is 2.11. The van der Waals surface area contributed by atoms with Crippen LogP contribution in [-0.2, 0) is 6.42 Å². The molecule has 0 saturated heterocycles. The first-order valence-electron chi connectivity index (χ1n) is 6.08. The molecule has 20 heavy (non-hydrogen) atoms. The van der Waals surface area contributed by atoms with Crippen LogP contribution in [-0.4, -0.2) is 25.4 Å². The van der Waals surface area contributed by atoms with Gasteiger partial charge in [0.05, 0.1) is 5.69 Å². The Hall–Kier alpha value is -2.63. The van der Waals surface area contributed by atoms with Crippen molar-refractivity contribution in [1.82, 2.24) is 19.6 Å². The summed E-state index contributed by atoms with van der Waals surface area (Å²) in [7, 11) is 0. The summed E-state index contributed by atoms with van der Waals surface area (Å²) in [5, 5.41) is 4.01. The molecular formula is C14H11FN4O. The molecule has 3 rings (SSSR count). The van der Waals surface area contributed by atoms with Crippen molar-refractivity contribution in [3.05, 3.63) is 59.6 Å². The number of hydrogen-bond donors (Lipinski definition) is 0. The van der Waals surface area contributed by atoms with Crippen molar-refractivity contribution < 1.29 is 9.18 Å². The smallest absolute Gasteiger partial charge is 0.185 e. The van der Waals surface area contributed by atoms with E-state index in [1.54, 1.807) is 16.8 Å². The van der Waals surface area contributed by atoms with E-state index >= 15 is 0 Å². The molecule has 0 aromatic carbocycles. The molecule has 0 atom stereocenters. The van der Waals surface area contributed by atoms with Crippen LogP contribution in [0.5, 0.6) is 0 Å². The second kappa shape index (κ2) is 4.80. The molecule has 0 bridgehead atoms. The maximum atomic E-state index is 13.1. The fraction of sp³-hybridized carbons (Fsp3) is 0.143. The number of rotatable bonds is 3. The molecule has 3 heterocycles. The average Bonchev–Trinajstić information content (AvgIpc) is 2.89. The Balaban J connectivity index is 1.85. The van der Waals surface area contributed by atoms with Gasteiger partial charge in [0.1, 0.15) is 17.8 Å². The van der Waals surface area contributed by atoms with E-state index in [2.05, 4.69) is 15.1 Å². The zero-order chi connectivity index (χ0) is 14.1. The van der Waals surface area contributed by atoms with Crippen LogP contribution in [0.25, 0.3) is 5.65 Å². The SMILES string of the molecule is Cc1nc(C(=O)Cc2ccc3ncnn3c2)ccc1F. The van der Waals surface area contributed by atoms with E-state index in [0.717, 1.165) is 11.2 Å². The highest BCUT2D eigenvalue weighted by Crippen LogP contribution is 2.10. The lowest BCUT2D eigenvalue weighted by Crippen LogP contribution is -2.08. The molecule has 0 saturated carbocycles. The number of carbonyl (C=O) groups is 1. The zero-order valence-corrected chi connectivity index (χ0v) is 10.7. The van der Waals surface area contributed by atoms with Gasteiger partial charge in [-0.05, 0) is 30.7 Å². The molecule has 0 aliphatic rings. The molecule has 5 nitrogen and oxygen atoms in total. The highest BCUT2D eigenvalue weighted by molar-refractivity contribution is 5.95. The van der Waals surface area contributed by atoms with Crippen molar-refractivity contribution in [2.45, 2.75) is 13.3 Å². The van der Waals surface area contributed by atoms with Gasteiger partial charge in [-0.1, -0.05) is 6.07 Å². The van der Waals surface area contributed by atoms with Crippen LogP contribution < -0.4 is 0 Å². The maximum Gasteiger partial charge on any atom is 0.185 e. The highest BCUT2D eigenvalue weighted by atomic mass is 19.1. The predicted octanol–water partition coefficient (Wildman–Crippen LogP) is 2.00. The first-order valence-corrected chi connectivity index (χ1v) is 6.08. The predicted molar refractivity (Wildman–Crippen MR) is 70.0 cm³/mol. The Morgan fingerprint density at radius 2 is 2.15 bits per heavy atom. The monoisotopic (exact) mass is 270 g/mol. The van der Waals surface area contributed by atoms with Crippen LogP contribution in [0.15, 0.2) is 36.8 Å². The minimum atomic E-state index is -0.411. The quantitative estimate of drug-likeness (QED) is 0.683. The molecule has 0 fully saturated rings. The molecule has 0 N–H and O–H groups in total. The van der Waals surface area contributed by atoms with Crippen LogP contribution in [0.1, 0.15) is 21.7 Å². The van der Waals surface area contributed by atoms with Crippen molar-refractivity contribution in [3.8, 4) is 0 Å². The first kappa shape index (κ1) is 12.4. The van der Waals surface area contributed by atoms with Crippen LogP contribution >= 0.6 is 0 Å². The summed E-state index contributed by atoms with van der Waals surface area (Å²) >= 11 is 0. The fourth-order valence-corrected chi connectivity index (χ4v) is 1.94. The summed E-state index contributed by atoms with van der Waals surface area (Å²) in [4.78, 5) is 20.1. The molecule has 0 aliphatic heterocycles. The number of halogens is 1. The lowest BCUT2D eigenvalue weighted by molar-refractivity contribution is 0.0988. The Bertz CT molecular complexity index is 797. The number of aryl methyl sites for hydroxylation is 1. The van der Waals surface area contributed by atoms with E-state index in [-0.39, 0.29) is 23.6 Å². The van der Waals surface area contributed by atoms with Gasteiger partial charge >= 0.3 is 0 Å². The summed E-state index contributed by atoms with van der Waals surface area (Å²) in [5.41, 5.74) is 2.01. The van der Waals surface area contributed by atoms with E-state index in [9.17, 15) is 9.18 Å². The van der Waals surface area contributed by atoms with Crippen LogP contribution in [0.2, 0.25) is 0 Å². The van der Waals surface area contributed by atoms with Gasteiger partial charge in [0.15, 0.2) is 11.4 Å². The Morgan fingerprint density at radius 3 is 2.95 bits per heavy atom. The molecule has 0 aliphatic carbocycles. The Labute approximate surface area is 114 Å². The number of ketones is 1. The minimum absolute atomic E-state index is 0.160. The van der Waals surface area contributed by atoms with E-state index in [1.165, 1.54) is 25.4 Å². The fourth-order valence-electron chi connectivity index (χ4n) is 1.94. The molecule has 0 amide bonds. The summed E-state index contributed by atoms with van der Waals surface area (Å²) in [6.45, 7) is 1.54. The van der Waals surface area contributed by atoms with Crippen LogP contribution in [0, 0.1) is 12.7 Å². The van der Waals surface area contributed by atoms with Crippen molar-refractivity contribution in [3.63, 3.8) is 0 Å². The minimum Gasteiger partial charge on any atom is -0.292 e. The van der Waals surface area contributed by atoms with E-state index in [0.29, 0.717) is 0 Å². The number of hydrogen-bond acceptors (Lipinski definition) is 4. The van der Waals surface area contributed by atoms with Gasteiger partial charge in [-0.2, -0.15) is 5.10 Å². The van der Waals surface area contributed by atoms with Crippen molar-refractivity contribution in [1.29, 1.82) is 0 Å². The second-order valence-electron chi connectivity index (χ2n) is 4.46. The van der Waals surface area contributed by atoms with Gasteiger partial charge in [0.25, 0.3) is 0 Å². The van der Waals surface area contributed by atoms with Crippen LogP contribution in [0.3, 0.4) is 0 Å². The Morgan fingerprint density at radius 1 is 1.30 bits per heavy atom. The van der Waals surface area contributed by atoms with Gasteiger partial charge in [0, 0.05) is 12.6 Å². The number of carbonyl (C=O) groups excluding carboxylic acids is 1. The molecule has 0 unspecified atom stereocenters. The van der Waals surface area contributed by atoms with E-state index in [1.807, 2.05) is 6.07 Å². The number of nitrogens with zero attached hydrogens (tertiary/aromatic N) is 4. The molecular weight excluding hydrogens is 259 g/mol. The number of pyridine rings is 2. The molecule has 100 valence electrons. The van der Waals surface area contributed by atoms with E-state index in [4.69, 9.17) is 0 Å². The van der Waals surface area contributed by atoms with Gasteiger partial charge in [-0.25, -0.2) is 18.9 Å². The van der Waals surface area contributed by atoms with Crippen molar-refractivity contribution in [2.75, 3.05) is 0 Å². The lowest BCUT2D eigenvalue weighted by Gasteiger charge is -2.03. The number of fused-ring (bicyclic) bond motifs is 1. The molecule has 0 radical (unpaired) electrons. The van der Waals surface area contributed by atoms with E-state index < -0.39 is 5.82 Å². The first-order chi connectivity index (χ1) is 9.63. The summed E-state index contributed by atoms with van der Waals surface area (Å²) in [5.74, 6) is -0.571. The van der Waals surface area contributed by atoms with Crippen LogP contribution in [0.4, 0.5) is 4.39 Å². The zero-order valence-electron chi connectivity index (χ0n) is 10.7. The third-order valence-electron chi connectivity index (χ3n) is 3.01. The number of aromatic nitrogens is 4. The molecule has 6 heteroatoms. The average molecular weight is 270 g/mol. The second-order valence-corrected chi connectivity index (χ2v) is 4.46. The van der Waals surface area contributed by atoms with Gasteiger partial charge in [-0.3, -0.25) is 4.79 Å². The van der Waals surface area contributed by atoms with Crippen molar-refractivity contribution >= 4 is 11.4 Å². The van der Waals surface area contributed by atoms with Gasteiger partial charge in [0.2, 0.25) is 0 Å². The largest absolute Gasteiger partial charge is 0.292 e. The third kappa shape index (κ3) is 2.27. The number of Topliss-reactive ketones (excluding diaryl/α,β-unsaturated/α-hetero) is 1. The van der Waals surface area contributed by atoms with Gasteiger partial charge in [-0.15, -0.1) is 0 Å². The summed E-state index contributed by atoms with van der Waals surface area (Å²) in [6, 6.07) is 6.27. The molecule has 3 aromatic rings. The maximum absolute atomic E-state index is 13.1. The standard InChI is InChI=1S/C14H11FN4O/c1-9-11(15)3-4-12(18-9)13(20)6-10-2-5-14-16-8-17-19(14)7-10/h2-5,7-8H,6H2,1H3. The normalized spacial score (nSPS) is 10.9.